The van der Waals surface area contributed by atoms with Crippen LogP contribution < -0.4 is 10.4 Å². The Kier molecular flexibility index (Phi) is 5.37. The lowest BCUT2D eigenvalue weighted by Crippen LogP contribution is -2.55. The molecule has 0 atom stereocenters. The standard InChI is InChI=1S/C22H30Si/c1-3-5-7-12-18-23(17-6-4-2)21-15-10-8-13-19(21)20-14-9-11-16-22(20)23/h8-11,13-16H,3-7,12,17-18H2,1-2H3. The molecule has 0 aromatic heterocycles. The molecule has 0 radical (unpaired) electrons. The second kappa shape index (κ2) is 7.48. The van der Waals surface area contributed by atoms with Gasteiger partial charge >= 0.3 is 0 Å². The Bertz CT molecular complexity index is 598. The van der Waals surface area contributed by atoms with Crippen LogP contribution in [0.5, 0.6) is 0 Å². The van der Waals surface area contributed by atoms with Gasteiger partial charge < -0.3 is 0 Å². The van der Waals surface area contributed by atoms with Crippen molar-refractivity contribution in [1.82, 2.24) is 0 Å². The predicted molar refractivity (Wildman–Crippen MR) is 106 cm³/mol. The highest BCUT2D eigenvalue weighted by Crippen LogP contribution is 2.34. The summed E-state index contributed by atoms with van der Waals surface area (Å²) >= 11 is 0. The van der Waals surface area contributed by atoms with Gasteiger partial charge in [-0.1, -0.05) is 101 Å². The highest BCUT2D eigenvalue weighted by Gasteiger charge is 2.43. The highest BCUT2D eigenvalue weighted by atomic mass is 28.3. The zero-order valence-electron chi connectivity index (χ0n) is 14.8. The Labute approximate surface area is 143 Å². The summed E-state index contributed by atoms with van der Waals surface area (Å²) in [4.78, 5) is 0. The van der Waals surface area contributed by atoms with E-state index in [-0.39, 0.29) is 0 Å². The number of rotatable bonds is 8. The van der Waals surface area contributed by atoms with E-state index in [0.717, 1.165) is 0 Å². The Balaban J connectivity index is 2.02. The summed E-state index contributed by atoms with van der Waals surface area (Å²) in [6.07, 6.45) is 8.23. The lowest BCUT2D eigenvalue weighted by Gasteiger charge is -2.30. The molecule has 122 valence electrons. The number of benzene rings is 2. The second-order valence-electron chi connectivity index (χ2n) is 7.09. The maximum atomic E-state index is 2.46. The normalized spacial score (nSPS) is 14.5. The van der Waals surface area contributed by atoms with Crippen molar-refractivity contribution in [2.45, 2.75) is 64.5 Å². The van der Waals surface area contributed by atoms with Gasteiger partial charge in [-0.3, -0.25) is 0 Å². The van der Waals surface area contributed by atoms with Crippen molar-refractivity contribution in [3.05, 3.63) is 48.5 Å². The van der Waals surface area contributed by atoms with Crippen molar-refractivity contribution in [1.29, 1.82) is 0 Å². The largest absolute Gasteiger partial charge is 0.119 e. The molecule has 2 aromatic rings. The lowest BCUT2D eigenvalue weighted by atomic mass is 10.1. The number of fused-ring (bicyclic) bond motifs is 3. The first-order chi connectivity index (χ1) is 11.3. The van der Waals surface area contributed by atoms with Gasteiger partial charge in [-0.25, -0.2) is 0 Å². The lowest BCUT2D eigenvalue weighted by molar-refractivity contribution is 0.696. The van der Waals surface area contributed by atoms with Crippen molar-refractivity contribution in [2.24, 2.45) is 0 Å². The van der Waals surface area contributed by atoms with Crippen molar-refractivity contribution in [2.75, 3.05) is 0 Å². The molecule has 0 aliphatic carbocycles. The zero-order valence-corrected chi connectivity index (χ0v) is 15.8. The molecule has 0 fully saturated rings. The number of hydrogen-bond acceptors (Lipinski definition) is 0. The minimum absolute atomic E-state index is 1.31. The summed E-state index contributed by atoms with van der Waals surface area (Å²) in [6.45, 7) is 4.65. The molecule has 23 heavy (non-hydrogen) atoms. The summed E-state index contributed by atoms with van der Waals surface area (Å²) in [5.74, 6) is 0. The zero-order chi connectivity index (χ0) is 16.1. The average Bonchev–Trinajstić information content (AvgIpc) is 2.88. The number of unbranched alkanes of at least 4 members (excludes halogenated alkanes) is 4. The molecule has 3 rings (SSSR count). The maximum absolute atomic E-state index is 2.46. The van der Waals surface area contributed by atoms with E-state index in [2.05, 4.69) is 62.4 Å². The topological polar surface area (TPSA) is 0 Å². The fourth-order valence-corrected chi connectivity index (χ4v) is 10.1. The van der Waals surface area contributed by atoms with E-state index >= 15 is 0 Å². The number of hydrogen-bond donors (Lipinski definition) is 0. The van der Waals surface area contributed by atoms with Gasteiger partial charge in [0.2, 0.25) is 0 Å². The third-order valence-electron chi connectivity index (χ3n) is 5.59. The van der Waals surface area contributed by atoms with Crippen LogP contribution in [0.3, 0.4) is 0 Å². The van der Waals surface area contributed by atoms with Crippen LogP contribution >= 0.6 is 0 Å². The van der Waals surface area contributed by atoms with E-state index in [9.17, 15) is 0 Å². The minimum Gasteiger partial charge on any atom is -0.0654 e. The Morgan fingerprint density at radius 3 is 1.70 bits per heavy atom. The Morgan fingerprint density at radius 2 is 1.13 bits per heavy atom. The monoisotopic (exact) mass is 322 g/mol. The predicted octanol–water partition coefficient (Wildman–Crippen LogP) is 5.61. The molecule has 1 aliphatic heterocycles. The van der Waals surface area contributed by atoms with Gasteiger partial charge in [0.1, 0.15) is 8.07 Å². The summed E-state index contributed by atoms with van der Waals surface area (Å²) in [6, 6.07) is 21.5. The first kappa shape index (κ1) is 16.5. The van der Waals surface area contributed by atoms with Crippen LogP contribution in [-0.2, 0) is 0 Å². The van der Waals surface area contributed by atoms with E-state index < -0.39 is 8.07 Å². The molecule has 1 aliphatic rings. The van der Waals surface area contributed by atoms with Gasteiger partial charge in [-0.05, 0) is 33.6 Å². The van der Waals surface area contributed by atoms with E-state index in [0.29, 0.717) is 0 Å². The molecule has 1 heterocycles. The molecule has 0 spiro atoms. The van der Waals surface area contributed by atoms with Crippen LogP contribution in [0.2, 0.25) is 12.1 Å². The summed E-state index contributed by atoms with van der Waals surface area (Å²) in [5.41, 5.74) is 3.09. The SMILES string of the molecule is CCCCCC[Si]1(CCCC)c2ccccc2-c2ccccc21. The first-order valence-corrected chi connectivity index (χ1v) is 11.9. The summed E-state index contributed by atoms with van der Waals surface area (Å²) in [7, 11) is -1.54. The van der Waals surface area contributed by atoms with Crippen LogP contribution in [-0.4, -0.2) is 8.07 Å². The van der Waals surface area contributed by atoms with Gasteiger partial charge in [0.15, 0.2) is 0 Å². The van der Waals surface area contributed by atoms with Gasteiger partial charge in [-0.15, -0.1) is 0 Å². The summed E-state index contributed by atoms with van der Waals surface area (Å²) < 4.78 is 0. The third kappa shape index (κ3) is 3.04. The highest BCUT2D eigenvalue weighted by molar-refractivity contribution is 7.05. The molecule has 0 nitrogen and oxygen atoms in total. The molecule has 2 aromatic carbocycles. The van der Waals surface area contributed by atoms with Crippen LogP contribution in [0.1, 0.15) is 52.4 Å². The Hall–Kier alpha value is -1.34. The third-order valence-corrected chi connectivity index (χ3v) is 10.9. The Morgan fingerprint density at radius 1 is 0.609 bits per heavy atom. The van der Waals surface area contributed by atoms with Crippen molar-refractivity contribution in [3.63, 3.8) is 0 Å². The van der Waals surface area contributed by atoms with Crippen LogP contribution in [0.15, 0.2) is 48.5 Å². The van der Waals surface area contributed by atoms with Gasteiger partial charge in [0.25, 0.3) is 0 Å². The second-order valence-corrected chi connectivity index (χ2v) is 11.3. The van der Waals surface area contributed by atoms with Gasteiger partial charge in [0.05, 0.1) is 0 Å². The molecular weight excluding hydrogens is 292 g/mol. The molecule has 0 amide bonds. The van der Waals surface area contributed by atoms with E-state index in [1.165, 1.54) is 50.6 Å². The smallest absolute Gasteiger partial charge is 0.0654 e. The average molecular weight is 323 g/mol. The van der Waals surface area contributed by atoms with E-state index in [1.54, 1.807) is 21.5 Å². The molecule has 0 bridgehead atoms. The van der Waals surface area contributed by atoms with Crippen molar-refractivity contribution < 1.29 is 0 Å². The van der Waals surface area contributed by atoms with Crippen LogP contribution in [0.4, 0.5) is 0 Å². The van der Waals surface area contributed by atoms with Gasteiger partial charge in [-0.2, -0.15) is 0 Å². The van der Waals surface area contributed by atoms with Gasteiger partial charge in [0, 0.05) is 0 Å². The van der Waals surface area contributed by atoms with E-state index in [4.69, 9.17) is 0 Å². The fraction of sp³-hybridized carbons (Fsp3) is 0.455. The van der Waals surface area contributed by atoms with E-state index in [1.807, 2.05) is 0 Å². The minimum atomic E-state index is -1.54. The molecule has 0 unspecified atom stereocenters. The quantitative estimate of drug-likeness (QED) is 0.438. The maximum Gasteiger partial charge on any atom is 0.119 e. The molecule has 0 saturated carbocycles. The van der Waals surface area contributed by atoms with Crippen molar-refractivity contribution in [3.8, 4) is 11.1 Å². The molecule has 0 N–H and O–H groups in total. The fourth-order valence-electron chi connectivity index (χ4n) is 4.41. The molecular formula is C22H30Si. The van der Waals surface area contributed by atoms with Crippen LogP contribution in [0, 0.1) is 0 Å². The molecule has 1 heteroatoms. The van der Waals surface area contributed by atoms with Crippen LogP contribution in [0.25, 0.3) is 11.1 Å². The summed E-state index contributed by atoms with van der Waals surface area (Å²) in [5, 5.41) is 3.46. The molecule has 0 saturated heterocycles. The van der Waals surface area contributed by atoms with Crippen molar-refractivity contribution >= 4 is 18.4 Å². The first-order valence-electron chi connectivity index (χ1n) is 9.53.